The average Bonchev–Trinajstić information content (AvgIpc) is 2.69. The molecule has 0 N–H and O–H groups in total. The molecule has 26 heavy (non-hydrogen) atoms. The molecule has 0 unspecified atom stereocenters. The van der Waals surface area contributed by atoms with Crippen molar-refractivity contribution < 1.29 is 13.9 Å². The molecule has 4 heteroatoms. The van der Waals surface area contributed by atoms with Crippen LogP contribution in [0.3, 0.4) is 0 Å². The van der Waals surface area contributed by atoms with E-state index in [2.05, 4.69) is 42.7 Å². The van der Waals surface area contributed by atoms with Gasteiger partial charge in [-0.05, 0) is 41.6 Å². The van der Waals surface area contributed by atoms with Gasteiger partial charge in [-0.3, -0.25) is 0 Å². The number of methoxy groups -OCH3 is 2. The van der Waals surface area contributed by atoms with Crippen molar-refractivity contribution in [3.8, 4) is 11.5 Å². The molecule has 2 aromatic carbocycles. The molecule has 134 valence electrons. The molecular formula is C22H23O3S+. The minimum absolute atomic E-state index is 0.758. The molecule has 3 rings (SSSR count). The Morgan fingerprint density at radius 3 is 1.50 bits per heavy atom. The monoisotopic (exact) mass is 367 g/mol. The second-order valence-electron chi connectivity index (χ2n) is 5.98. The highest BCUT2D eigenvalue weighted by Crippen LogP contribution is 2.24. The molecule has 0 atom stereocenters. The van der Waals surface area contributed by atoms with E-state index in [9.17, 15) is 0 Å². The van der Waals surface area contributed by atoms with E-state index in [0.717, 1.165) is 35.9 Å². The van der Waals surface area contributed by atoms with Gasteiger partial charge in [-0.15, -0.1) is 11.8 Å². The molecule has 0 spiro atoms. The van der Waals surface area contributed by atoms with E-state index in [-0.39, 0.29) is 0 Å². The second kappa shape index (κ2) is 8.77. The van der Waals surface area contributed by atoms with Crippen LogP contribution in [0.4, 0.5) is 0 Å². The fourth-order valence-corrected chi connectivity index (χ4v) is 3.27. The first-order valence-electron chi connectivity index (χ1n) is 8.46. The molecule has 0 amide bonds. The first kappa shape index (κ1) is 18.3. The van der Waals surface area contributed by atoms with Crippen molar-refractivity contribution in [3.63, 3.8) is 0 Å². The lowest BCUT2D eigenvalue weighted by Gasteiger charge is -2.02. The van der Waals surface area contributed by atoms with E-state index in [1.807, 2.05) is 24.3 Å². The van der Waals surface area contributed by atoms with Crippen LogP contribution >= 0.6 is 11.8 Å². The maximum Gasteiger partial charge on any atom is 0.334 e. The summed E-state index contributed by atoms with van der Waals surface area (Å²) in [4.78, 5) is 1.21. The summed E-state index contributed by atoms with van der Waals surface area (Å²) >= 11 is 1.73. The summed E-state index contributed by atoms with van der Waals surface area (Å²) in [5, 5.41) is 0. The van der Waals surface area contributed by atoms with Crippen molar-refractivity contribution in [2.75, 3.05) is 20.5 Å². The standard InChI is InChI=1S/C22H23O3S/c1-23-18-8-4-16(5-9-18)12-20-14-22(26-3)15-21(25-20)13-17-6-10-19(24-2)11-7-17/h4-11,14-15H,12-13H2,1-3H3/q+1. The lowest BCUT2D eigenvalue weighted by molar-refractivity contribution is 0.414. The number of hydrogen-bond donors (Lipinski definition) is 0. The minimum atomic E-state index is 0.758. The van der Waals surface area contributed by atoms with Crippen LogP contribution in [0.15, 0.2) is 70.0 Å². The fraction of sp³-hybridized carbons (Fsp3) is 0.227. The normalized spacial score (nSPS) is 10.6. The van der Waals surface area contributed by atoms with Gasteiger partial charge in [0.1, 0.15) is 11.5 Å². The Balaban J connectivity index is 1.80. The smallest absolute Gasteiger partial charge is 0.334 e. The highest BCUT2D eigenvalue weighted by Gasteiger charge is 2.17. The van der Waals surface area contributed by atoms with Crippen LogP contribution < -0.4 is 9.47 Å². The van der Waals surface area contributed by atoms with Crippen LogP contribution in [0.5, 0.6) is 11.5 Å². The van der Waals surface area contributed by atoms with Crippen molar-refractivity contribution >= 4 is 11.8 Å². The molecule has 0 aliphatic heterocycles. The van der Waals surface area contributed by atoms with Gasteiger partial charge in [0, 0.05) is 4.90 Å². The van der Waals surface area contributed by atoms with Crippen LogP contribution in [0, 0.1) is 0 Å². The maximum absolute atomic E-state index is 6.17. The quantitative estimate of drug-likeness (QED) is 0.408. The molecule has 0 saturated carbocycles. The van der Waals surface area contributed by atoms with E-state index >= 15 is 0 Å². The summed E-state index contributed by atoms with van der Waals surface area (Å²) in [7, 11) is 3.36. The maximum atomic E-state index is 6.17. The van der Waals surface area contributed by atoms with Gasteiger partial charge in [0.05, 0.1) is 39.2 Å². The molecule has 3 aromatic rings. The van der Waals surface area contributed by atoms with Crippen molar-refractivity contribution in [2.45, 2.75) is 17.7 Å². The summed E-state index contributed by atoms with van der Waals surface area (Å²) in [5.74, 6) is 3.66. The molecule has 0 radical (unpaired) electrons. The summed E-state index contributed by atoms with van der Waals surface area (Å²) in [6, 6.07) is 20.4. The Morgan fingerprint density at radius 2 is 1.15 bits per heavy atom. The van der Waals surface area contributed by atoms with Crippen molar-refractivity contribution in [3.05, 3.63) is 83.3 Å². The minimum Gasteiger partial charge on any atom is -0.497 e. The van der Waals surface area contributed by atoms with Crippen LogP contribution in [0.25, 0.3) is 0 Å². The molecule has 0 aliphatic carbocycles. The lowest BCUT2D eigenvalue weighted by Crippen LogP contribution is -1.95. The van der Waals surface area contributed by atoms with Gasteiger partial charge in [-0.1, -0.05) is 24.3 Å². The number of hydrogen-bond acceptors (Lipinski definition) is 3. The Labute approximate surface area is 159 Å². The second-order valence-corrected chi connectivity index (χ2v) is 6.86. The number of ether oxygens (including phenoxy) is 2. The van der Waals surface area contributed by atoms with Crippen LogP contribution in [-0.4, -0.2) is 20.5 Å². The zero-order valence-corrected chi connectivity index (χ0v) is 16.1. The SMILES string of the molecule is COc1ccc(Cc2cc(SC)cc(Cc3ccc(OC)cc3)[o+]2)cc1. The number of rotatable bonds is 7. The first-order valence-corrected chi connectivity index (χ1v) is 9.68. The molecule has 0 saturated heterocycles. The fourth-order valence-electron chi connectivity index (χ4n) is 2.77. The third kappa shape index (κ3) is 4.79. The van der Waals surface area contributed by atoms with Gasteiger partial charge in [0.25, 0.3) is 0 Å². The third-order valence-corrected chi connectivity index (χ3v) is 4.89. The molecule has 0 fully saturated rings. The van der Waals surface area contributed by atoms with E-state index in [1.165, 1.54) is 16.0 Å². The highest BCUT2D eigenvalue weighted by molar-refractivity contribution is 7.98. The van der Waals surface area contributed by atoms with Crippen molar-refractivity contribution in [1.29, 1.82) is 0 Å². The van der Waals surface area contributed by atoms with E-state index in [1.54, 1.807) is 26.0 Å². The first-order chi connectivity index (χ1) is 12.7. The van der Waals surface area contributed by atoms with Crippen molar-refractivity contribution in [2.24, 2.45) is 0 Å². The zero-order valence-electron chi connectivity index (χ0n) is 15.3. The lowest BCUT2D eigenvalue weighted by atomic mass is 10.1. The van der Waals surface area contributed by atoms with E-state index < -0.39 is 0 Å². The highest BCUT2D eigenvalue weighted by atomic mass is 32.2. The Morgan fingerprint density at radius 1 is 0.731 bits per heavy atom. The Kier molecular flexibility index (Phi) is 6.18. The molecule has 1 heterocycles. The molecular weight excluding hydrogens is 344 g/mol. The van der Waals surface area contributed by atoms with Crippen LogP contribution in [0.2, 0.25) is 0 Å². The van der Waals surface area contributed by atoms with Gasteiger partial charge in [0.2, 0.25) is 0 Å². The summed E-state index contributed by atoms with van der Waals surface area (Å²) in [5.41, 5.74) is 2.39. The summed E-state index contributed by atoms with van der Waals surface area (Å²) < 4.78 is 16.6. The average molecular weight is 367 g/mol. The van der Waals surface area contributed by atoms with E-state index in [4.69, 9.17) is 13.9 Å². The summed E-state index contributed by atoms with van der Waals surface area (Å²) in [6.45, 7) is 0. The molecule has 1 aromatic heterocycles. The van der Waals surface area contributed by atoms with Gasteiger partial charge in [0.15, 0.2) is 0 Å². The Bertz CT molecular complexity index is 775. The van der Waals surface area contributed by atoms with Crippen LogP contribution in [0.1, 0.15) is 22.6 Å². The third-order valence-electron chi connectivity index (χ3n) is 4.18. The van der Waals surface area contributed by atoms with Gasteiger partial charge >= 0.3 is 11.5 Å². The topological polar surface area (TPSA) is 29.8 Å². The number of benzene rings is 2. The predicted octanol–water partition coefficient (Wildman–Crippen LogP) is 5.48. The van der Waals surface area contributed by atoms with Gasteiger partial charge < -0.3 is 9.47 Å². The summed E-state index contributed by atoms with van der Waals surface area (Å²) in [6.07, 6.45) is 3.60. The van der Waals surface area contributed by atoms with Crippen molar-refractivity contribution in [1.82, 2.24) is 0 Å². The molecule has 3 nitrogen and oxygen atoms in total. The number of thioether (sulfide) groups is 1. The van der Waals surface area contributed by atoms with Gasteiger partial charge in [-0.2, -0.15) is 0 Å². The largest absolute Gasteiger partial charge is 0.497 e. The molecule has 0 aliphatic rings. The zero-order chi connectivity index (χ0) is 18.4. The van der Waals surface area contributed by atoms with Gasteiger partial charge in [-0.25, -0.2) is 4.42 Å². The Hall–Kier alpha value is -2.46. The van der Waals surface area contributed by atoms with E-state index in [0.29, 0.717) is 0 Å². The van der Waals surface area contributed by atoms with Crippen LogP contribution in [-0.2, 0) is 12.8 Å². The molecule has 0 bridgehead atoms. The predicted molar refractivity (Wildman–Crippen MR) is 106 cm³/mol.